The Morgan fingerprint density at radius 2 is 0.778 bits per heavy atom. The van der Waals surface area contributed by atoms with Gasteiger partial charge in [-0.15, -0.1) is 0 Å². The molecule has 0 heterocycles. The first kappa shape index (κ1) is 26.9. The second kappa shape index (κ2) is 9.40. The Kier molecular flexibility index (Phi) is 14.1. The van der Waals surface area contributed by atoms with Crippen LogP contribution in [0, 0.1) is 0 Å². The first-order valence-corrected chi connectivity index (χ1v) is 13.5. The van der Waals surface area contributed by atoms with Crippen LogP contribution < -0.4 is 0 Å². The Morgan fingerprint density at radius 3 is 0.889 bits per heavy atom. The van der Waals surface area contributed by atoms with Gasteiger partial charge in [-0.05, 0) is 39.3 Å². The summed E-state index contributed by atoms with van der Waals surface area (Å²) in [5.74, 6) is 0. The number of hydrogen-bond donors (Lipinski definition) is 0. The molecule has 0 saturated carbocycles. The summed E-state index contributed by atoms with van der Waals surface area (Å²) >= 11 is 0. The average molecular weight is 317 g/mol. The van der Waals surface area contributed by atoms with Crippen molar-refractivity contribution in [2.45, 2.75) is 61.6 Å². The van der Waals surface area contributed by atoms with E-state index in [9.17, 15) is 0 Å². The molecule has 0 aromatic carbocycles. The summed E-state index contributed by atoms with van der Waals surface area (Å²) < 4.78 is 22.7. The predicted octanol–water partition coefficient (Wildman–Crippen LogP) is 4.33. The van der Waals surface area contributed by atoms with E-state index < -0.39 is 25.7 Å². The van der Waals surface area contributed by atoms with E-state index in [2.05, 4.69) is 39.3 Å². The molecule has 0 unspecified atom stereocenters. The van der Waals surface area contributed by atoms with Gasteiger partial charge in [0, 0.05) is 14.2 Å². The normalized spacial score (nSPS) is 12.0. The fraction of sp³-hybridized carbons (Fsp3) is 1.00. The standard InChI is InChI=1S/C8H24O4Si3.3CH4/c1-9-15(10-2,11-13(3,4)5)12-14(6,7)8;;;/h1-8H3;3*1H4. The highest BCUT2D eigenvalue weighted by Gasteiger charge is 2.49. The monoisotopic (exact) mass is 316 g/mol. The Hall–Kier alpha value is 0.491. The Labute approximate surface area is 119 Å². The zero-order valence-electron chi connectivity index (χ0n) is 11.1. The van der Waals surface area contributed by atoms with Crippen LogP contribution in [-0.2, 0) is 17.1 Å². The first-order valence-electron chi connectivity index (χ1n) is 5.04. The molecular weight excluding hydrogens is 280 g/mol. The summed E-state index contributed by atoms with van der Waals surface area (Å²) in [6, 6.07) is 0. The van der Waals surface area contributed by atoms with Crippen molar-refractivity contribution in [1.29, 1.82) is 0 Å². The average Bonchev–Trinajstić information content (AvgIpc) is 1.98. The summed E-state index contributed by atoms with van der Waals surface area (Å²) in [4.78, 5) is 0. The van der Waals surface area contributed by atoms with E-state index in [0.717, 1.165) is 0 Å². The molecule has 0 N–H and O–H groups in total. The van der Waals surface area contributed by atoms with E-state index in [1.54, 1.807) is 14.2 Å². The van der Waals surface area contributed by atoms with E-state index in [1.807, 2.05) is 0 Å². The maximum atomic E-state index is 5.95. The molecule has 0 saturated heterocycles. The topological polar surface area (TPSA) is 36.9 Å². The van der Waals surface area contributed by atoms with E-state index in [4.69, 9.17) is 17.1 Å². The molecule has 4 nitrogen and oxygen atoms in total. The van der Waals surface area contributed by atoms with Crippen molar-refractivity contribution in [2.75, 3.05) is 14.2 Å². The van der Waals surface area contributed by atoms with Crippen LogP contribution in [0.4, 0.5) is 0 Å². The highest BCUT2D eigenvalue weighted by molar-refractivity contribution is 6.83. The lowest BCUT2D eigenvalue weighted by Gasteiger charge is -2.35. The van der Waals surface area contributed by atoms with E-state index in [-0.39, 0.29) is 22.3 Å². The van der Waals surface area contributed by atoms with Crippen LogP contribution in [-0.4, -0.2) is 39.9 Å². The van der Waals surface area contributed by atoms with Crippen molar-refractivity contribution < 1.29 is 17.1 Å². The van der Waals surface area contributed by atoms with Gasteiger partial charge in [0.25, 0.3) is 0 Å². The lowest BCUT2D eigenvalue weighted by molar-refractivity contribution is 0.0773. The minimum atomic E-state index is -2.89. The van der Waals surface area contributed by atoms with Crippen molar-refractivity contribution in [1.82, 2.24) is 0 Å². The minimum Gasteiger partial charge on any atom is -0.395 e. The summed E-state index contributed by atoms with van der Waals surface area (Å²) in [6.45, 7) is 12.6. The fourth-order valence-electron chi connectivity index (χ4n) is 1.02. The number of hydrogen-bond acceptors (Lipinski definition) is 4. The summed E-state index contributed by atoms with van der Waals surface area (Å²) in [5.41, 5.74) is 0. The summed E-state index contributed by atoms with van der Waals surface area (Å²) in [5, 5.41) is 0. The van der Waals surface area contributed by atoms with Crippen molar-refractivity contribution in [2.24, 2.45) is 0 Å². The van der Waals surface area contributed by atoms with Crippen LogP contribution in [0.5, 0.6) is 0 Å². The zero-order valence-corrected chi connectivity index (χ0v) is 14.1. The summed E-state index contributed by atoms with van der Waals surface area (Å²) in [7, 11) is -3.16. The van der Waals surface area contributed by atoms with Crippen LogP contribution in [0.15, 0.2) is 0 Å². The molecule has 0 aliphatic rings. The molecule has 0 aliphatic heterocycles. The molecule has 7 heteroatoms. The van der Waals surface area contributed by atoms with E-state index >= 15 is 0 Å². The molecule has 0 amide bonds. The van der Waals surface area contributed by atoms with E-state index in [1.165, 1.54) is 0 Å². The largest absolute Gasteiger partial charge is 0.657 e. The lowest BCUT2D eigenvalue weighted by Crippen LogP contribution is -2.58. The van der Waals surface area contributed by atoms with Crippen LogP contribution in [0.2, 0.25) is 39.3 Å². The third-order valence-corrected chi connectivity index (χ3v) is 9.26. The molecule has 0 rings (SSSR count). The Bertz CT molecular complexity index is 177. The van der Waals surface area contributed by atoms with Crippen molar-refractivity contribution in [3.63, 3.8) is 0 Å². The lowest BCUT2D eigenvalue weighted by atomic mass is 11.8. The van der Waals surface area contributed by atoms with Crippen LogP contribution >= 0.6 is 0 Å². The van der Waals surface area contributed by atoms with Gasteiger partial charge in [0.1, 0.15) is 0 Å². The molecule has 0 bridgehead atoms. The highest BCUT2D eigenvalue weighted by Crippen LogP contribution is 2.21. The van der Waals surface area contributed by atoms with Gasteiger partial charge < -0.3 is 17.1 Å². The predicted molar refractivity (Wildman–Crippen MR) is 88.8 cm³/mol. The van der Waals surface area contributed by atoms with Gasteiger partial charge in [0.15, 0.2) is 16.6 Å². The van der Waals surface area contributed by atoms with Gasteiger partial charge in [-0.2, -0.15) is 0 Å². The molecule has 0 aromatic rings. The quantitative estimate of drug-likeness (QED) is 0.684. The van der Waals surface area contributed by atoms with Gasteiger partial charge in [-0.25, -0.2) is 0 Å². The molecule has 0 atom stereocenters. The molecular formula is C11H36O4Si3. The molecule has 0 radical (unpaired) electrons. The highest BCUT2D eigenvalue weighted by atomic mass is 28.5. The molecule has 0 aliphatic carbocycles. The van der Waals surface area contributed by atoms with Crippen LogP contribution in [0.3, 0.4) is 0 Å². The van der Waals surface area contributed by atoms with Crippen molar-refractivity contribution >= 4 is 25.7 Å². The number of rotatable bonds is 6. The minimum absolute atomic E-state index is 0. The maximum Gasteiger partial charge on any atom is 0.657 e. The first-order chi connectivity index (χ1) is 6.54. The smallest absolute Gasteiger partial charge is 0.395 e. The molecule has 0 aromatic heterocycles. The molecule has 0 fully saturated rings. The van der Waals surface area contributed by atoms with Gasteiger partial charge in [-0.3, -0.25) is 0 Å². The second-order valence-corrected chi connectivity index (χ2v) is 17.2. The summed E-state index contributed by atoms with van der Waals surface area (Å²) in [6.07, 6.45) is 0. The fourth-order valence-corrected chi connectivity index (χ4v) is 9.06. The van der Waals surface area contributed by atoms with Gasteiger partial charge >= 0.3 is 9.05 Å². The van der Waals surface area contributed by atoms with Gasteiger partial charge in [-0.1, -0.05) is 22.3 Å². The maximum absolute atomic E-state index is 5.95. The van der Waals surface area contributed by atoms with Crippen LogP contribution in [0.1, 0.15) is 22.3 Å². The SMILES string of the molecule is C.C.C.CO[Si](OC)(O[Si](C)(C)C)O[Si](C)(C)C. The van der Waals surface area contributed by atoms with Crippen LogP contribution in [0.25, 0.3) is 0 Å². The molecule has 18 heavy (non-hydrogen) atoms. The molecule has 116 valence electrons. The van der Waals surface area contributed by atoms with Gasteiger partial charge in [0.05, 0.1) is 0 Å². The third kappa shape index (κ3) is 11.6. The second-order valence-electron chi connectivity index (χ2n) is 5.34. The van der Waals surface area contributed by atoms with Crippen molar-refractivity contribution in [3.05, 3.63) is 0 Å². The van der Waals surface area contributed by atoms with E-state index in [0.29, 0.717) is 0 Å². The Morgan fingerprint density at radius 1 is 0.556 bits per heavy atom. The zero-order chi connectivity index (χ0) is 12.3. The third-order valence-electron chi connectivity index (χ3n) is 1.36. The molecule has 0 spiro atoms. The van der Waals surface area contributed by atoms with Crippen molar-refractivity contribution in [3.8, 4) is 0 Å². The Balaban J connectivity index is -0.000000327. The van der Waals surface area contributed by atoms with Gasteiger partial charge in [0.2, 0.25) is 0 Å².